The molecule has 0 radical (unpaired) electrons. The summed E-state index contributed by atoms with van der Waals surface area (Å²) in [5.41, 5.74) is 3.36. The minimum Gasteiger partial charge on any atom is -0.478 e. The van der Waals surface area contributed by atoms with Gasteiger partial charge in [-0.2, -0.15) is 0 Å². The third-order valence-corrected chi connectivity index (χ3v) is 10.3. The number of ether oxygens (including phenoxy) is 2. The highest BCUT2D eigenvalue weighted by Crippen LogP contribution is 2.66. The largest absolute Gasteiger partial charge is 0.478 e. The lowest BCUT2D eigenvalue weighted by Gasteiger charge is -2.31. The molecule has 0 saturated heterocycles. The van der Waals surface area contributed by atoms with E-state index in [1.165, 1.54) is 78.9 Å². The summed E-state index contributed by atoms with van der Waals surface area (Å²) < 4.78 is 11.1. The molecular weight excluding hydrogens is 584 g/mol. The second-order valence-corrected chi connectivity index (χ2v) is 12.7. The number of hydrogen-bond donors (Lipinski definition) is 2. The average molecular weight is 617 g/mol. The van der Waals surface area contributed by atoms with Gasteiger partial charge in [0.2, 0.25) is 0 Å². The Bertz CT molecular complexity index is 1790. The first-order valence-electron chi connectivity index (χ1n) is 15.5. The van der Waals surface area contributed by atoms with Crippen LogP contribution in [0.3, 0.4) is 0 Å². The lowest BCUT2D eigenvalue weighted by molar-refractivity contribution is 0.0685. The summed E-state index contributed by atoms with van der Waals surface area (Å²) in [6.07, 6.45) is 4.76. The number of carboxylic acid groups (broad SMARTS) is 2. The van der Waals surface area contributed by atoms with Crippen LogP contribution in [-0.2, 0) is 0 Å². The first kappa shape index (κ1) is 29.5. The van der Waals surface area contributed by atoms with E-state index in [4.69, 9.17) is 19.7 Å². The van der Waals surface area contributed by atoms with Crippen molar-refractivity contribution in [1.82, 2.24) is 0 Å². The SMILES string of the molecule is O=C(O)c1ccc(C(=O)Oc2ccc(C3CC4C5CC(c6ccc(OC(=O)c7ccc(C(=O)O)cc7)cc6)C(C5)C4C3)cc2)cc1. The van der Waals surface area contributed by atoms with E-state index in [-0.39, 0.29) is 11.1 Å². The number of carbonyl (C=O) groups excluding carboxylic acids is 2. The molecule has 8 nitrogen and oxygen atoms in total. The smallest absolute Gasteiger partial charge is 0.343 e. The highest BCUT2D eigenvalue weighted by molar-refractivity contribution is 5.94. The van der Waals surface area contributed by atoms with Crippen molar-refractivity contribution in [3.63, 3.8) is 0 Å². The summed E-state index contributed by atoms with van der Waals surface area (Å²) in [6, 6.07) is 27.0. The minimum absolute atomic E-state index is 0.114. The Morgan fingerprint density at radius 1 is 0.478 bits per heavy atom. The molecule has 232 valence electrons. The maximum absolute atomic E-state index is 12.6. The number of esters is 2. The zero-order valence-electron chi connectivity index (χ0n) is 24.9. The maximum Gasteiger partial charge on any atom is 0.343 e. The molecule has 0 aliphatic heterocycles. The molecule has 0 spiro atoms. The van der Waals surface area contributed by atoms with Gasteiger partial charge in [-0.25, -0.2) is 19.2 Å². The van der Waals surface area contributed by atoms with Gasteiger partial charge in [-0.05, 0) is 145 Å². The summed E-state index contributed by atoms with van der Waals surface area (Å²) >= 11 is 0. The average Bonchev–Trinajstić information content (AvgIpc) is 3.79. The second kappa shape index (κ2) is 11.9. The van der Waals surface area contributed by atoms with Crippen molar-refractivity contribution in [3.8, 4) is 11.5 Å². The third kappa shape index (κ3) is 5.67. The number of aromatic carboxylic acids is 2. The summed E-state index contributed by atoms with van der Waals surface area (Å²) in [5, 5.41) is 18.1. The maximum atomic E-state index is 12.6. The fourth-order valence-electron chi connectivity index (χ4n) is 8.15. The van der Waals surface area contributed by atoms with Crippen LogP contribution < -0.4 is 9.47 Å². The van der Waals surface area contributed by atoms with Gasteiger partial charge in [0, 0.05) is 0 Å². The molecule has 3 aliphatic carbocycles. The lowest BCUT2D eigenvalue weighted by Crippen LogP contribution is -2.23. The molecule has 6 unspecified atom stereocenters. The lowest BCUT2D eigenvalue weighted by atomic mass is 9.73. The summed E-state index contributed by atoms with van der Waals surface area (Å²) in [4.78, 5) is 47.2. The van der Waals surface area contributed by atoms with Crippen LogP contribution >= 0.6 is 0 Å². The molecule has 7 rings (SSSR count). The van der Waals surface area contributed by atoms with Gasteiger partial charge in [0.1, 0.15) is 11.5 Å². The fourth-order valence-corrected chi connectivity index (χ4v) is 8.15. The van der Waals surface area contributed by atoms with Gasteiger partial charge in [-0.15, -0.1) is 0 Å². The molecule has 4 aromatic rings. The van der Waals surface area contributed by atoms with E-state index in [0.29, 0.717) is 52.2 Å². The predicted octanol–water partition coefficient (Wildman–Crippen LogP) is 7.45. The van der Waals surface area contributed by atoms with Gasteiger partial charge in [0.25, 0.3) is 0 Å². The number of hydrogen-bond acceptors (Lipinski definition) is 6. The van der Waals surface area contributed by atoms with Crippen LogP contribution in [0, 0.1) is 23.7 Å². The molecule has 0 heterocycles. The van der Waals surface area contributed by atoms with E-state index in [9.17, 15) is 19.2 Å². The number of carbonyl (C=O) groups is 4. The molecular formula is C38H32O8. The van der Waals surface area contributed by atoms with Crippen LogP contribution in [0.4, 0.5) is 0 Å². The topological polar surface area (TPSA) is 127 Å². The van der Waals surface area contributed by atoms with Crippen molar-refractivity contribution < 1.29 is 38.9 Å². The van der Waals surface area contributed by atoms with Gasteiger partial charge in [0.15, 0.2) is 0 Å². The first-order valence-corrected chi connectivity index (χ1v) is 15.5. The molecule has 3 saturated carbocycles. The normalized spacial score (nSPS) is 24.3. The Kier molecular flexibility index (Phi) is 7.64. The molecule has 2 bridgehead atoms. The van der Waals surface area contributed by atoms with Crippen LogP contribution in [0.2, 0.25) is 0 Å². The molecule has 3 aliphatic rings. The van der Waals surface area contributed by atoms with Gasteiger partial charge in [0.05, 0.1) is 22.3 Å². The Labute approximate surface area is 265 Å². The highest BCUT2D eigenvalue weighted by Gasteiger charge is 2.56. The zero-order chi connectivity index (χ0) is 31.9. The Balaban J connectivity index is 0.950. The van der Waals surface area contributed by atoms with Crippen molar-refractivity contribution in [2.75, 3.05) is 0 Å². The van der Waals surface area contributed by atoms with Gasteiger partial charge in [-0.1, -0.05) is 24.3 Å². The van der Waals surface area contributed by atoms with Crippen molar-refractivity contribution in [2.24, 2.45) is 23.7 Å². The number of carboxylic acids is 2. The Hall–Kier alpha value is -5.24. The van der Waals surface area contributed by atoms with Gasteiger partial charge in [-0.3, -0.25) is 0 Å². The molecule has 0 amide bonds. The van der Waals surface area contributed by atoms with Gasteiger partial charge < -0.3 is 19.7 Å². The van der Waals surface area contributed by atoms with E-state index in [2.05, 4.69) is 24.3 Å². The predicted molar refractivity (Wildman–Crippen MR) is 168 cm³/mol. The zero-order valence-corrected chi connectivity index (χ0v) is 24.9. The van der Waals surface area contributed by atoms with E-state index < -0.39 is 23.9 Å². The van der Waals surface area contributed by atoms with Crippen LogP contribution in [0.1, 0.15) is 90.1 Å². The van der Waals surface area contributed by atoms with Crippen LogP contribution in [-0.4, -0.2) is 34.1 Å². The number of fused-ring (bicyclic) bond motifs is 5. The minimum atomic E-state index is -1.05. The van der Waals surface area contributed by atoms with E-state index in [0.717, 1.165) is 12.3 Å². The Morgan fingerprint density at radius 3 is 1.39 bits per heavy atom. The molecule has 3 fully saturated rings. The first-order chi connectivity index (χ1) is 22.2. The number of rotatable bonds is 8. The quantitative estimate of drug-likeness (QED) is 0.154. The van der Waals surface area contributed by atoms with E-state index in [1.807, 2.05) is 24.3 Å². The van der Waals surface area contributed by atoms with Crippen molar-refractivity contribution in [3.05, 3.63) is 130 Å². The Morgan fingerprint density at radius 2 is 0.913 bits per heavy atom. The molecule has 46 heavy (non-hydrogen) atoms. The molecule has 8 heteroatoms. The van der Waals surface area contributed by atoms with Gasteiger partial charge >= 0.3 is 23.9 Å². The van der Waals surface area contributed by atoms with E-state index in [1.54, 1.807) is 0 Å². The van der Waals surface area contributed by atoms with Crippen molar-refractivity contribution >= 4 is 23.9 Å². The standard InChI is InChI=1S/C38H32O8/c39-35(40)23-1-5-25(6-2-23)37(43)45-29-13-9-21(10-14-29)27-17-32-28-19-31(34(20-28)33(32)18-27)22-11-15-30(16-12-22)46-38(44)26-7-3-24(4-8-26)36(41)42/h1-16,27-28,31-34H,17-20H2,(H,39,40)(H,41,42). The summed E-state index contributed by atoms with van der Waals surface area (Å²) in [7, 11) is 0. The van der Waals surface area contributed by atoms with Crippen molar-refractivity contribution in [1.29, 1.82) is 0 Å². The molecule has 6 atom stereocenters. The molecule has 2 N–H and O–H groups in total. The fraction of sp³-hybridized carbons (Fsp3) is 0.263. The summed E-state index contributed by atoms with van der Waals surface area (Å²) in [6.45, 7) is 0. The number of benzene rings is 4. The summed E-state index contributed by atoms with van der Waals surface area (Å²) in [5.74, 6) is 1.48. The monoisotopic (exact) mass is 616 g/mol. The molecule has 0 aromatic heterocycles. The van der Waals surface area contributed by atoms with Crippen molar-refractivity contribution in [2.45, 2.75) is 37.5 Å². The van der Waals surface area contributed by atoms with E-state index >= 15 is 0 Å². The van der Waals surface area contributed by atoms with Crippen LogP contribution in [0.25, 0.3) is 0 Å². The third-order valence-electron chi connectivity index (χ3n) is 10.3. The molecule has 4 aromatic carbocycles. The highest BCUT2D eigenvalue weighted by atomic mass is 16.5. The van der Waals surface area contributed by atoms with Crippen LogP contribution in [0.15, 0.2) is 97.1 Å². The van der Waals surface area contributed by atoms with Crippen LogP contribution in [0.5, 0.6) is 11.5 Å². The second-order valence-electron chi connectivity index (χ2n) is 12.7.